The second kappa shape index (κ2) is 7.04. The highest BCUT2D eigenvalue weighted by Crippen LogP contribution is 2.35. The number of hydrogen-bond acceptors (Lipinski definition) is 2. The van der Waals surface area contributed by atoms with Gasteiger partial charge >= 0.3 is 0 Å². The Labute approximate surface area is 128 Å². The van der Waals surface area contributed by atoms with Gasteiger partial charge in [0.2, 0.25) is 0 Å². The van der Waals surface area contributed by atoms with Gasteiger partial charge in [0.1, 0.15) is 0 Å². The largest absolute Gasteiger partial charge is 0.313 e. The summed E-state index contributed by atoms with van der Waals surface area (Å²) in [6, 6.07) is 9.22. The van der Waals surface area contributed by atoms with Gasteiger partial charge in [0.25, 0.3) is 0 Å². The highest BCUT2D eigenvalue weighted by molar-refractivity contribution is 5.85. The lowest BCUT2D eigenvalue weighted by molar-refractivity contribution is 0.300. The van der Waals surface area contributed by atoms with Gasteiger partial charge in [0.05, 0.1) is 0 Å². The molecule has 1 aromatic carbocycles. The van der Waals surface area contributed by atoms with Gasteiger partial charge in [-0.3, -0.25) is 4.98 Å². The summed E-state index contributed by atoms with van der Waals surface area (Å²) in [5, 5.41) is 6.21. The van der Waals surface area contributed by atoms with Crippen molar-refractivity contribution in [2.45, 2.75) is 51.0 Å². The lowest BCUT2D eigenvalue weighted by atomic mass is 9.82. The summed E-state index contributed by atoms with van der Waals surface area (Å²) in [5.74, 6) is 0.751. The number of nitrogens with zero attached hydrogens (tertiary/aromatic N) is 1. The number of fused-ring (bicyclic) bond motifs is 1. The molecule has 2 nitrogen and oxygen atoms in total. The van der Waals surface area contributed by atoms with E-state index in [0.29, 0.717) is 6.04 Å². The number of rotatable bonds is 3. The van der Waals surface area contributed by atoms with Crippen molar-refractivity contribution in [3.05, 3.63) is 42.2 Å². The minimum absolute atomic E-state index is 0.455. The van der Waals surface area contributed by atoms with E-state index in [4.69, 9.17) is 0 Å². The predicted octanol–water partition coefficient (Wildman–Crippen LogP) is 4.86. The van der Waals surface area contributed by atoms with E-state index < -0.39 is 0 Å². The minimum atomic E-state index is 0.455. The molecule has 112 valence electrons. The molecule has 0 spiro atoms. The van der Waals surface area contributed by atoms with E-state index in [-0.39, 0.29) is 0 Å². The molecule has 1 fully saturated rings. The summed E-state index contributed by atoms with van der Waals surface area (Å²) in [6.07, 6.45) is 13.6. The molecule has 2 heteroatoms. The maximum absolute atomic E-state index is 4.34. The van der Waals surface area contributed by atoms with Crippen molar-refractivity contribution < 1.29 is 0 Å². The molecule has 1 unspecified atom stereocenters. The Morgan fingerprint density at radius 3 is 2.57 bits per heavy atom. The van der Waals surface area contributed by atoms with Crippen molar-refractivity contribution in [3.8, 4) is 0 Å². The Hall–Kier alpha value is -1.41. The third-order valence-electron chi connectivity index (χ3n) is 4.98. The van der Waals surface area contributed by atoms with Crippen LogP contribution in [0.2, 0.25) is 0 Å². The predicted molar refractivity (Wildman–Crippen MR) is 89.4 cm³/mol. The first-order chi connectivity index (χ1) is 10.4. The van der Waals surface area contributed by atoms with Crippen molar-refractivity contribution in [2.75, 3.05) is 7.05 Å². The molecular formula is C19H26N2. The molecular weight excluding hydrogens is 256 g/mol. The van der Waals surface area contributed by atoms with E-state index in [0.717, 1.165) is 5.92 Å². The van der Waals surface area contributed by atoms with Crippen molar-refractivity contribution in [2.24, 2.45) is 5.92 Å². The van der Waals surface area contributed by atoms with E-state index in [1.807, 2.05) is 12.4 Å². The molecule has 21 heavy (non-hydrogen) atoms. The summed E-state index contributed by atoms with van der Waals surface area (Å²) in [4.78, 5) is 4.34. The Kier molecular flexibility index (Phi) is 4.87. The van der Waals surface area contributed by atoms with Crippen molar-refractivity contribution >= 4 is 10.8 Å². The van der Waals surface area contributed by atoms with Crippen LogP contribution < -0.4 is 5.32 Å². The summed E-state index contributed by atoms with van der Waals surface area (Å²) in [5.41, 5.74) is 1.42. The van der Waals surface area contributed by atoms with Crippen molar-refractivity contribution in [3.63, 3.8) is 0 Å². The second-order valence-corrected chi connectivity index (χ2v) is 6.32. The zero-order valence-electron chi connectivity index (χ0n) is 13.0. The molecule has 0 saturated heterocycles. The smallest absolute Gasteiger partial charge is 0.0352 e. The van der Waals surface area contributed by atoms with Crippen LogP contribution in [0.1, 0.15) is 56.6 Å². The lowest BCUT2D eigenvalue weighted by Gasteiger charge is -2.29. The molecule has 1 aliphatic carbocycles. The maximum atomic E-state index is 4.34. The molecule has 1 saturated carbocycles. The van der Waals surface area contributed by atoms with Crippen molar-refractivity contribution in [1.29, 1.82) is 0 Å². The molecule has 1 N–H and O–H groups in total. The van der Waals surface area contributed by atoms with Crippen LogP contribution in [0.3, 0.4) is 0 Å². The fourth-order valence-electron chi connectivity index (χ4n) is 3.87. The van der Waals surface area contributed by atoms with Crippen LogP contribution in [0.25, 0.3) is 10.8 Å². The summed E-state index contributed by atoms with van der Waals surface area (Å²) >= 11 is 0. The summed E-state index contributed by atoms with van der Waals surface area (Å²) in [6.45, 7) is 0. The van der Waals surface area contributed by atoms with E-state index >= 15 is 0 Å². The molecule has 1 aromatic heterocycles. The first kappa shape index (κ1) is 14.5. The van der Waals surface area contributed by atoms with Crippen molar-refractivity contribution in [1.82, 2.24) is 10.3 Å². The molecule has 0 aliphatic heterocycles. The van der Waals surface area contributed by atoms with E-state index in [1.165, 1.54) is 61.3 Å². The van der Waals surface area contributed by atoms with E-state index in [1.54, 1.807) is 0 Å². The molecule has 1 heterocycles. The SMILES string of the molecule is CNC(c1cccc2ccncc12)C1CCCCCCC1. The Balaban J connectivity index is 1.93. The number of nitrogens with one attached hydrogen (secondary N) is 1. The number of pyridine rings is 1. The average Bonchev–Trinajstić information content (AvgIpc) is 2.50. The van der Waals surface area contributed by atoms with Gasteiger partial charge in [0, 0.05) is 23.8 Å². The maximum Gasteiger partial charge on any atom is 0.0352 e. The molecule has 2 aromatic rings. The van der Waals surface area contributed by atoms with Crippen LogP contribution in [0, 0.1) is 5.92 Å². The van der Waals surface area contributed by atoms with Crippen LogP contribution in [-0.2, 0) is 0 Å². The van der Waals surface area contributed by atoms with Gasteiger partial charge in [-0.25, -0.2) is 0 Å². The highest BCUT2D eigenvalue weighted by atomic mass is 14.9. The van der Waals surface area contributed by atoms with Gasteiger partial charge in [-0.15, -0.1) is 0 Å². The highest BCUT2D eigenvalue weighted by Gasteiger charge is 2.23. The molecule has 0 radical (unpaired) electrons. The Morgan fingerprint density at radius 2 is 1.81 bits per heavy atom. The molecule has 1 aliphatic rings. The van der Waals surface area contributed by atoms with Crippen LogP contribution >= 0.6 is 0 Å². The average molecular weight is 282 g/mol. The number of aromatic nitrogens is 1. The quantitative estimate of drug-likeness (QED) is 0.870. The molecule has 3 rings (SSSR count). The van der Waals surface area contributed by atoms with Gasteiger partial charge in [0.15, 0.2) is 0 Å². The minimum Gasteiger partial charge on any atom is -0.313 e. The van der Waals surface area contributed by atoms with E-state index in [9.17, 15) is 0 Å². The van der Waals surface area contributed by atoms with Gasteiger partial charge in [-0.05, 0) is 42.8 Å². The standard InChI is InChI=1S/C19H26N2/c1-20-19(16-8-5-3-2-4-6-9-16)17-11-7-10-15-12-13-21-14-18(15)17/h7,10-14,16,19-20H,2-6,8-9H2,1H3. The van der Waals surface area contributed by atoms with Gasteiger partial charge in [-0.1, -0.05) is 50.3 Å². The lowest BCUT2D eigenvalue weighted by Crippen LogP contribution is -2.26. The third-order valence-corrected chi connectivity index (χ3v) is 4.98. The Morgan fingerprint density at radius 1 is 1.05 bits per heavy atom. The van der Waals surface area contributed by atoms with Crippen LogP contribution in [0.15, 0.2) is 36.7 Å². The summed E-state index contributed by atoms with van der Waals surface area (Å²) < 4.78 is 0. The second-order valence-electron chi connectivity index (χ2n) is 6.32. The monoisotopic (exact) mass is 282 g/mol. The zero-order valence-corrected chi connectivity index (χ0v) is 13.0. The van der Waals surface area contributed by atoms with Crippen LogP contribution in [-0.4, -0.2) is 12.0 Å². The van der Waals surface area contributed by atoms with Crippen LogP contribution in [0.4, 0.5) is 0 Å². The first-order valence-electron chi connectivity index (χ1n) is 8.40. The fraction of sp³-hybridized carbons (Fsp3) is 0.526. The Bertz CT molecular complexity index is 565. The van der Waals surface area contributed by atoms with Gasteiger partial charge in [-0.2, -0.15) is 0 Å². The normalized spacial score (nSPS) is 19.1. The number of benzene rings is 1. The van der Waals surface area contributed by atoms with E-state index in [2.05, 4.69) is 41.6 Å². The molecule has 0 bridgehead atoms. The third kappa shape index (κ3) is 3.26. The van der Waals surface area contributed by atoms with Gasteiger partial charge < -0.3 is 5.32 Å². The molecule has 0 amide bonds. The first-order valence-corrected chi connectivity index (χ1v) is 8.40. The molecule has 1 atom stereocenters. The topological polar surface area (TPSA) is 24.9 Å². The fourth-order valence-corrected chi connectivity index (χ4v) is 3.87. The summed E-state index contributed by atoms with van der Waals surface area (Å²) in [7, 11) is 2.11. The number of hydrogen-bond donors (Lipinski definition) is 1. The van der Waals surface area contributed by atoms with Crippen LogP contribution in [0.5, 0.6) is 0 Å². The zero-order chi connectivity index (χ0) is 14.5.